The van der Waals surface area contributed by atoms with E-state index >= 15 is 0 Å². The Balaban J connectivity index is 1.40. The molecule has 0 unspecified atom stereocenters. The number of benzene rings is 1. The highest BCUT2D eigenvalue weighted by Gasteiger charge is 2.80. The van der Waals surface area contributed by atoms with E-state index in [4.69, 9.17) is 22.1 Å². The van der Waals surface area contributed by atoms with Gasteiger partial charge in [0.05, 0.1) is 0 Å². The van der Waals surface area contributed by atoms with Crippen LogP contribution in [-0.2, 0) is 4.79 Å². The average Bonchev–Trinajstić information content (AvgIpc) is 3.10. The smallest absolute Gasteiger partial charge is 0.257 e. The monoisotopic (exact) mass is 266 g/mol. The predicted molar refractivity (Wildman–Crippen MR) is 68.5 cm³/mol. The van der Waals surface area contributed by atoms with Crippen molar-refractivity contribution in [2.24, 2.45) is 11.1 Å². The molecule has 96 valence electrons. The van der Waals surface area contributed by atoms with Gasteiger partial charge in [-0.25, -0.2) is 0 Å². The van der Waals surface area contributed by atoms with Crippen molar-refractivity contribution in [3.05, 3.63) is 29.3 Å². The number of hydrogen-bond acceptors (Lipinski definition) is 3. The van der Waals surface area contributed by atoms with Crippen LogP contribution < -0.4 is 15.8 Å². The maximum Gasteiger partial charge on any atom is 0.257 e. The summed E-state index contributed by atoms with van der Waals surface area (Å²) in [5, 5.41) is 3.51. The molecule has 1 amide bonds. The molecule has 0 radical (unpaired) electrons. The number of hydrogen-bond donors (Lipinski definition) is 2. The molecule has 18 heavy (non-hydrogen) atoms. The maximum atomic E-state index is 11.6. The standard InChI is InChI=1S/C13H15ClN2O2/c14-9-1-3-10(4-2-9)18-5-11(17)16-8-12-6-13(12,15)7-12/h1-4H,5-8,15H2,(H,16,17). The lowest BCUT2D eigenvalue weighted by atomic mass is 10.2. The number of rotatable bonds is 5. The largest absolute Gasteiger partial charge is 0.484 e. The number of nitrogens with two attached hydrogens (primary N) is 1. The van der Waals surface area contributed by atoms with Crippen LogP contribution in [-0.4, -0.2) is 24.6 Å². The number of halogens is 1. The third kappa shape index (κ3) is 2.06. The molecular formula is C13H15ClN2O2. The minimum atomic E-state index is -0.111. The first-order chi connectivity index (χ1) is 8.53. The topological polar surface area (TPSA) is 64.3 Å². The molecule has 3 rings (SSSR count). The molecule has 0 bridgehead atoms. The molecule has 0 spiro atoms. The molecule has 0 atom stereocenters. The zero-order valence-electron chi connectivity index (χ0n) is 9.91. The Hall–Kier alpha value is -1.26. The molecule has 3 N–H and O–H groups in total. The van der Waals surface area contributed by atoms with E-state index < -0.39 is 0 Å². The summed E-state index contributed by atoms with van der Waals surface area (Å²) < 4.78 is 5.35. The van der Waals surface area contributed by atoms with E-state index in [0.717, 1.165) is 12.8 Å². The lowest BCUT2D eigenvalue weighted by Gasteiger charge is -2.08. The fraction of sp³-hybridized carbons (Fsp3) is 0.462. The second-order valence-electron chi connectivity index (χ2n) is 5.31. The number of carbonyl (C=O) groups is 1. The van der Waals surface area contributed by atoms with Crippen molar-refractivity contribution in [1.29, 1.82) is 0 Å². The maximum absolute atomic E-state index is 11.6. The summed E-state index contributed by atoms with van der Waals surface area (Å²) in [5.74, 6) is 0.527. The summed E-state index contributed by atoms with van der Waals surface area (Å²) in [6.07, 6.45) is 2.08. The lowest BCUT2D eigenvalue weighted by Crippen LogP contribution is -2.32. The van der Waals surface area contributed by atoms with E-state index in [9.17, 15) is 4.79 Å². The Bertz CT molecular complexity index is 480. The van der Waals surface area contributed by atoms with E-state index in [2.05, 4.69) is 5.32 Å². The minimum absolute atomic E-state index is 0.0231. The fourth-order valence-corrected chi connectivity index (χ4v) is 2.49. The van der Waals surface area contributed by atoms with Gasteiger partial charge in [-0.1, -0.05) is 11.6 Å². The van der Waals surface area contributed by atoms with Gasteiger partial charge in [0.2, 0.25) is 0 Å². The molecule has 2 saturated carbocycles. The molecule has 0 aromatic heterocycles. The van der Waals surface area contributed by atoms with Crippen molar-refractivity contribution in [1.82, 2.24) is 5.32 Å². The molecule has 2 aliphatic carbocycles. The summed E-state index contributed by atoms with van der Waals surface area (Å²) in [6.45, 7) is 0.696. The number of amides is 1. The van der Waals surface area contributed by atoms with Gasteiger partial charge in [0, 0.05) is 22.5 Å². The van der Waals surface area contributed by atoms with E-state index in [0.29, 0.717) is 17.3 Å². The van der Waals surface area contributed by atoms with Gasteiger partial charge in [0.15, 0.2) is 6.61 Å². The molecule has 5 heteroatoms. The molecule has 1 aromatic carbocycles. The van der Waals surface area contributed by atoms with Gasteiger partial charge < -0.3 is 15.8 Å². The first-order valence-electron chi connectivity index (χ1n) is 5.97. The Labute approximate surface area is 110 Å². The SMILES string of the molecule is NC12CC1(CNC(=O)COc1ccc(Cl)cc1)C2. The van der Waals surface area contributed by atoms with Gasteiger partial charge in [-0.3, -0.25) is 4.79 Å². The normalized spacial score (nSPS) is 31.4. The van der Waals surface area contributed by atoms with Crippen molar-refractivity contribution in [3.8, 4) is 5.75 Å². The zero-order chi connectivity index (χ0) is 12.8. The van der Waals surface area contributed by atoms with Crippen molar-refractivity contribution >= 4 is 17.5 Å². The van der Waals surface area contributed by atoms with Crippen LogP contribution in [0.5, 0.6) is 5.75 Å². The summed E-state index contributed by atoms with van der Waals surface area (Å²) in [7, 11) is 0. The molecule has 2 aliphatic rings. The predicted octanol–water partition coefficient (Wildman–Crippen LogP) is 1.33. The van der Waals surface area contributed by atoms with Crippen LogP contribution in [0, 0.1) is 5.41 Å². The summed E-state index contributed by atoms with van der Waals surface area (Å²) in [6, 6.07) is 6.93. The van der Waals surface area contributed by atoms with Crippen LogP contribution in [0.4, 0.5) is 0 Å². The van der Waals surface area contributed by atoms with E-state index in [-0.39, 0.29) is 23.5 Å². The molecular weight excluding hydrogens is 252 g/mol. The van der Waals surface area contributed by atoms with Gasteiger partial charge in [-0.15, -0.1) is 0 Å². The van der Waals surface area contributed by atoms with E-state index in [1.807, 2.05) is 0 Å². The Morgan fingerprint density at radius 3 is 2.56 bits per heavy atom. The van der Waals surface area contributed by atoms with Crippen molar-refractivity contribution in [2.45, 2.75) is 18.4 Å². The number of nitrogens with one attached hydrogen (secondary N) is 1. The van der Waals surface area contributed by atoms with Crippen LogP contribution in [0.1, 0.15) is 12.8 Å². The second-order valence-corrected chi connectivity index (χ2v) is 5.75. The fourth-order valence-electron chi connectivity index (χ4n) is 2.37. The average molecular weight is 267 g/mol. The van der Waals surface area contributed by atoms with Gasteiger partial charge >= 0.3 is 0 Å². The Morgan fingerprint density at radius 1 is 1.39 bits per heavy atom. The quantitative estimate of drug-likeness (QED) is 0.845. The molecule has 4 nitrogen and oxygen atoms in total. The Morgan fingerprint density at radius 2 is 2.00 bits per heavy atom. The van der Waals surface area contributed by atoms with Gasteiger partial charge in [-0.05, 0) is 37.1 Å². The lowest BCUT2D eigenvalue weighted by molar-refractivity contribution is -0.123. The second kappa shape index (κ2) is 3.87. The summed E-state index contributed by atoms with van der Waals surface area (Å²) in [4.78, 5) is 11.6. The zero-order valence-corrected chi connectivity index (χ0v) is 10.7. The number of carbonyl (C=O) groups excluding carboxylic acids is 1. The van der Waals surface area contributed by atoms with E-state index in [1.54, 1.807) is 24.3 Å². The third-order valence-electron chi connectivity index (χ3n) is 3.92. The molecule has 1 aromatic rings. The van der Waals surface area contributed by atoms with Crippen LogP contribution in [0.25, 0.3) is 0 Å². The van der Waals surface area contributed by atoms with Gasteiger partial charge in [0.25, 0.3) is 5.91 Å². The summed E-state index contributed by atoms with van der Waals surface area (Å²) in [5.41, 5.74) is 6.19. The highest BCUT2D eigenvalue weighted by Crippen LogP contribution is 2.76. The van der Waals surface area contributed by atoms with Crippen LogP contribution in [0.3, 0.4) is 0 Å². The first-order valence-corrected chi connectivity index (χ1v) is 6.35. The Kier molecular flexibility index (Phi) is 2.54. The highest BCUT2D eigenvalue weighted by molar-refractivity contribution is 6.30. The van der Waals surface area contributed by atoms with Crippen LogP contribution in [0.15, 0.2) is 24.3 Å². The highest BCUT2D eigenvalue weighted by atomic mass is 35.5. The van der Waals surface area contributed by atoms with Crippen LogP contribution >= 0.6 is 11.6 Å². The van der Waals surface area contributed by atoms with E-state index in [1.165, 1.54) is 0 Å². The van der Waals surface area contributed by atoms with Crippen molar-refractivity contribution in [2.75, 3.05) is 13.2 Å². The molecule has 0 heterocycles. The molecule has 0 saturated heterocycles. The molecule has 2 fully saturated rings. The minimum Gasteiger partial charge on any atom is -0.484 e. The van der Waals surface area contributed by atoms with Gasteiger partial charge in [0.1, 0.15) is 5.75 Å². The van der Waals surface area contributed by atoms with Crippen LogP contribution in [0.2, 0.25) is 5.02 Å². The first kappa shape index (κ1) is 11.8. The number of fused-ring (bicyclic) bond motifs is 1. The molecule has 0 aliphatic heterocycles. The van der Waals surface area contributed by atoms with Gasteiger partial charge in [-0.2, -0.15) is 0 Å². The van der Waals surface area contributed by atoms with Crippen molar-refractivity contribution in [3.63, 3.8) is 0 Å². The van der Waals surface area contributed by atoms with Crippen molar-refractivity contribution < 1.29 is 9.53 Å². The number of ether oxygens (including phenoxy) is 1. The summed E-state index contributed by atoms with van der Waals surface area (Å²) >= 11 is 5.75. The third-order valence-corrected chi connectivity index (χ3v) is 4.17.